The van der Waals surface area contributed by atoms with Crippen molar-refractivity contribution in [2.24, 2.45) is 5.41 Å². The molecule has 6 aromatic rings. The summed E-state index contributed by atoms with van der Waals surface area (Å²) < 4.78 is 11.7. The fourth-order valence-corrected chi connectivity index (χ4v) is 8.56. The number of nitrogens with zero attached hydrogens (tertiary/aromatic N) is 4. The minimum atomic E-state index is -0.813. The van der Waals surface area contributed by atoms with E-state index in [1.807, 2.05) is 81.7 Å². The number of anilines is 1. The smallest absolute Gasteiger partial charge is 0.274 e. The quantitative estimate of drug-likeness (QED) is 0.0719. The molecule has 4 amide bonds. The molecule has 1 fully saturated rings. The van der Waals surface area contributed by atoms with Gasteiger partial charge in [0.1, 0.15) is 29.3 Å². The molecule has 14 nitrogen and oxygen atoms in total. The number of aromatic amines is 1. The predicted molar refractivity (Wildman–Crippen MR) is 247 cm³/mol. The Morgan fingerprint density at radius 1 is 0.953 bits per heavy atom. The van der Waals surface area contributed by atoms with Crippen LogP contribution < -0.4 is 25.4 Å². The van der Waals surface area contributed by atoms with E-state index in [0.717, 1.165) is 32.8 Å². The second-order valence-corrected chi connectivity index (χ2v) is 17.7. The number of pyridine rings is 1. The number of nitrogens with one attached hydrogen (secondary N) is 4. The summed E-state index contributed by atoms with van der Waals surface area (Å²) in [5.41, 5.74) is 8.32. The van der Waals surface area contributed by atoms with Crippen LogP contribution in [0.5, 0.6) is 11.5 Å². The van der Waals surface area contributed by atoms with Crippen LogP contribution in [0.15, 0.2) is 103 Å². The number of rotatable bonds is 17. The molecule has 0 bridgehead atoms. The second-order valence-electron chi connectivity index (χ2n) is 16.8. The molecule has 1 saturated heterocycles. The van der Waals surface area contributed by atoms with E-state index in [1.165, 1.54) is 7.11 Å². The molecule has 3 aromatic heterocycles. The highest BCUT2D eigenvalue weighted by Crippen LogP contribution is 2.31. The Bertz CT molecular complexity index is 2570. The minimum Gasteiger partial charge on any atom is -0.494 e. The van der Waals surface area contributed by atoms with Crippen molar-refractivity contribution in [3.8, 4) is 33.3 Å². The molecule has 0 aliphatic carbocycles. The highest BCUT2D eigenvalue weighted by Gasteiger charge is 2.41. The van der Waals surface area contributed by atoms with Crippen LogP contribution in [0, 0.1) is 12.3 Å². The normalized spacial score (nSPS) is 14.1. The zero-order valence-electron chi connectivity index (χ0n) is 36.8. The van der Waals surface area contributed by atoms with Gasteiger partial charge in [0.2, 0.25) is 17.7 Å². The average molecular weight is 883 g/mol. The maximum Gasteiger partial charge on any atom is 0.274 e. The third kappa shape index (κ3) is 11.2. The predicted octanol–water partition coefficient (Wildman–Crippen LogP) is 7.56. The zero-order valence-corrected chi connectivity index (χ0v) is 37.6. The molecule has 0 spiro atoms. The van der Waals surface area contributed by atoms with Crippen molar-refractivity contribution in [1.29, 1.82) is 0 Å². The molecule has 2 atom stereocenters. The van der Waals surface area contributed by atoms with Gasteiger partial charge in [0.25, 0.3) is 5.91 Å². The van der Waals surface area contributed by atoms with Gasteiger partial charge in [0, 0.05) is 38.2 Å². The number of hydrogen-bond acceptors (Lipinski definition) is 10. The lowest BCUT2D eigenvalue weighted by atomic mass is 9.85. The molecule has 4 N–H and O–H groups in total. The number of carbonyl (C=O) groups is 4. The summed E-state index contributed by atoms with van der Waals surface area (Å²) in [5.74, 6) is -0.0867. The fraction of sp³-hybridized carbons (Fsp3) is 0.327. The van der Waals surface area contributed by atoms with E-state index in [0.29, 0.717) is 74.0 Å². The maximum absolute atomic E-state index is 14.2. The lowest BCUT2D eigenvalue weighted by Gasteiger charge is -2.35. The van der Waals surface area contributed by atoms with E-state index >= 15 is 0 Å². The highest BCUT2D eigenvalue weighted by atomic mass is 32.1. The second kappa shape index (κ2) is 20.5. The molecule has 0 saturated carbocycles. The third-order valence-electron chi connectivity index (χ3n) is 11.2. The highest BCUT2D eigenvalue weighted by molar-refractivity contribution is 7.13. The monoisotopic (exact) mass is 882 g/mol. The summed E-state index contributed by atoms with van der Waals surface area (Å²) in [6.45, 7) is 8.91. The summed E-state index contributed by atoms with van der Waals surface area (Å²) in [5, 5.41) is 15.8. The van der Waals surface area contributed by atoms with Crippen LogP contribution in [-0.4, -0.2) is 81.0 Å². The Balaban J connectivity index is 0.899. The molecule has 0 radical (unpaired) electrons. The van der Waals surface area contributed by atoms with Crippen LogP contribution in [0.1, 0.15) is 72.9 Å². The first kappa shape index (κ1) is 45.2. The lowest BCUT2D eigenvalue weighted by molar-refractivity contribution is -0.143. The van der Waals surface area contributed by atoms with Gasteiger partial charge < -0.3 is 30.3 Å². The van der Waals surface area contributed by atoms with Gasteiger partial charge in [-0.1, -0.05) is 75.4 Å². The number of thiazole rings is 1. The Hall–Kier alpha value is -6.87. The molecule has 332 valence electrons. The number of methoxy groups -OCH3 is 1. The summed E-state index contributed by atoms with van der Waals surface area (Å²) in [6.07, 6.45) is 4.11. The number of aromatic nitrogens is 4. The van der Waals surface area contributed by atoms with Gasteiger partial charge in [-0.25, -0.2) is 9.97 Å². The van der Waals surface area contributed by atoms with Crippen LogP contribution in [0.4, 0.5) is 5.69 Å². The van der Waals surface area contributed by atoms with Crippen molar-refractivity contribution in [3.63, 3.8) is 0 Å². The average Bonchev–Trinajstić information content (AvgIpc) is 4.11. The van der Waals surface area contributed by atoms with Crippen molar-refractivity contribution >= 4 is 40.7 Å². The van der Waals surface area contributed by atoms with E-state index in [1.54, 1.807) is 64.9 Å². The third-order valence-corrected chi connectivity index (χ3v) is 12.2. The number of aryl methyl sites for hydroxylation is 2. The fourth-order valence-electron chi connectivity index (χ4n) is 7.74. The molecule has 1 aliphatic heterocycles. The van der Waals surface area contributed by atoms with Gasteiger partial charge in [0.15, 0.2) is 0 Å². The van der Waals surface area contributed by atoms with Crippen LogP contribution >= 0.6 is 11.3 Å². The summed E-state index contributed by atoms with van der Waals surface area (Å²) in [7, 11) is 1.52. The number of benzene rings is 3. The molecule has 64 heavy (non-hydrogen) atoms. The van der Waals surface area contributed by atoms with Gasteiger partial charge in [-0.15, -0.1) is 11.3 Å². The Labute approximate surface area is 377 Å². The summed E-state index contributed by atoms with van der Waals surface area (Å²) >= 11 is 1.60. The van der Waals surface area contributed by atoms with Crippen molar-refractivity contribution in [3.05, 3.63) is 131 Å². The first-order valence-corrected chi connectivity index (χ1v) is 22.3. The van der Waals surface area contributed by atoms with Crippen LogP contribution in [0.25, 0.3) is 21.8 Å². The number of hydrogen-bond donors (Lipinski definition) is 4. The van der Waals surface area contributed by atoms with E-state index in [4.69, 9.17) is 9.47 Å². The standard InChI is InChI=1S/C49H54N8O6S/c1-31-44(64-30-51-31)35-17-15-32(16-18-35)29-50-47(60)41-14-9-26-57(41)48(61)45(49(2,3)4)55-43(58)22-19-33-10-6-7-11-34(33)24-27-63-36-20-21-39(42(28-36)62-5)54-46(59)40-13-8-12-37(53-40)38-23-25-52-56-38/h6-8,10-13,15-18,20-21,23,25,28,30,41,45H,9,14,19,22,24,26-27,29H2,1-5H3,(H,50,60)(H,52,56)(H,54,59)(H,55,58)/t41-,45+/m0/s1. The van der Waals surface area contributed by atoms with Gasteiger partial charge in [0.05, 0.1) is 46.9 Å². The molecule has 1 aliphatic rings. The van der Waals surface area contributed by atoms with Gasteiger partial charge in [-0.2, -0.15) is 5.10 Å². The number of ether oxygens (including phenoxy) is 2. The van der Waals surface area contributed by atoms with Gasteiger partial charge in [-0.3, -0.25) is 24.3 Å². The zero-order chi connectivity index (χ0) is 45.2. The number of amides is 4. The molecular formula is C49H54N8O6S. The Morgan fingerprint density at radius 3 is 2.44 bits per heavy atom. The van der Waals surface area contributed by atoms with E-state index < -0.39 is 23.4 Å². The minimum absolute atomic E-state index is 0.177. The molecule has 15 heteroatoms. The first-order chi connectivity index (χ1) is 30.9. The lowest BCUT2D eigenvalue weighted by Crippen LogP contribution is -2.57. The molecule has 0 unspecified atom stereocenters. The molecule has 3 aromatic carbocycles. The van der Waals surface area contributed by atoms with Crippen molar-refractivity contribution in [1.82, 2.24) is 35.7 Å². The Morgan fingerprint density at radius 2 is 1.73 bits per heavy atom. The van der Waals surface area contributed by atoms with Crippen molar-refractivity contribution in [2.75, 3.05) is 25.6 Å². The molecular weight excluding hydrogens is 829 g/mol. The SMILES string of the molecule is COc1cc(OCCc2ccccc2CCC(=O)N[C@H](C(=O)N2CCC[C@H]2C(=O)NCc2ccc(-c3scnc3C)cc2)C(C)(C)C)ccc1NC(=O)c1cccc(-c2ccn[nH]2)n1. The van der Waals surface area contributed by atoms with Crippen molar-refractivity contribution in [2.45, 2.75) is 78.4 Å². The Kier molecular flexibility index (Phi) is 14.5. The molecule has 4 heterocycles. The van der Waals surface area contributed by atoms with Crippen LogP contribution in [0.3, 0.4) is 0 Å². The number of likely N-dealkylation sites (tertiary alicyclic amines) is 1. The maximum atomic E-state index is 14.2. The number of carbonyl (C=O) groups excluding carboxylic acids is 4. The topological polar surface area (TPSA) is 181 Å². The summed E-state index contributed by atoms with van der Waals surface area (Å²) in [6, 6.07) is 26.7. The van der Waals surface area contributed by atoms with Crippen LogP contribution in [-0.2, 0) is 33.8 Å². The first-order valence-electron chi connectivity index (χ1n) is 21.4. The summed E-state index contributed by atoms with van der Waals surface area (Å²) in [4.78, 5) is 65.9. The number of H-pyrrole nitrogens is 1. The largest absolute Gasteiger partial charge is 0.494 e. The van der Waals surface area contributed by atoms with E-state index in [2.05, 4.69) is 36.1 Å². The van der Waals surface area contributed by atoms with E-state index in [-0.39, 0.29) is 29.8 Å². The van der Waals surface area contributed by atoms with Gasteiger partial charge >= 0.3 is 0 Å². The van der Waals surface area contributed by atoms with Gasteiger partial charge in [-0.05, 0) is 84.2 Å². The van der Waals surface area contributed by atoms with Crippen molar-refractivity contribution < 1.29 is 28.7 Å². The molecule has 7 rings (SSSR count). The van der Waals surface area contributed by atoms with E-state index in [9.17, 15) is 19.2 Å². The van der Waals surface area contributed by atoms with Crippen LogP contribution in [0.2, 0.25) is 0 Å².